The van der Waals surface area contributed by atoms with Crippen LogP contribution in [0.2, 0.25) is 0 Å². The van der Waals surface area contributed by atoms with Gasteiger partial charge in [0.05, 0.1) is 10.9 Å². The number of halogens is 1. The van der Waals surface area contributed by atoms with Crippen LogP contribution in [0.4, 0.5) is 4.39 Å². The highest BCUT2D eigenvalue weighted by atomic mass is 19.1. The Morgan fingerprint density at radius 2 is 1.77 bits per heavy atom. The largest absolute Gasteiger partial charge is 0.296 e. The van der Waals surface area contributed by atoms with Crippen molar-refractivity contribution in [1.82, 2.24) is 9.55 Å². The molecule has 0 radical (unpaired) electrons. The predicted octanol–water partition coefficient (Wildman–Crippen LogP) is 5.06. The van der Waals surface area contributed by atoms with Gasteiger partial charge in [-0.1, -0.05) is 48.2 Å². The molecule has 2 heterocycles. The molecule has 1 aliphatic rings. The molecule has 1 aliphatic heterocycles. The first-order valence-electron chi connectivity index (χ1n) is 10.5. The molecule has 0 saturated carbocycles. The van der Waals surface area contributed by atoms with Crippen LogP contribution in [0.5, 0.6) is 0 Å². The molecule has 31 heavy (non-hydrogen) atoms. The van der Waals surface area contributed by atoms with Gasteiger partial charge in [0.25, 0.3) is 5.56 Å². The van der Waals surface area contributed by atoms with Crippen LogP contribution < -0.4 is 5.56 Å². The normalized spacial score (nSPS) is 15.2. The van der Waals surface area contributed by atoms with Crippen molar-refractivity contribution in [2.45, 2.75) is 31.7 Å². The minimum Gasteiger partial charge on any atom is -0.296 e. The van der Waals surface area contributed by atoms with Crippen LogP contribution in [0.3, 0.4) is 0 Å². The average Bonchev–Trinajstić information content (AvgIpc) is 2.79. The van der Waals surface area contributed by atoms with E-state index in [9.17, 15) is 9.18 Å². The topological polar surface area (TPSA) is 34.9 Å². The van der Waals surface area contributed by atoms with Gasteiger partial charge in [-0.05, 0) is 61.2 Å². The fourth-order valence-corrected chi connectivity index (χ4v) is 4.27. The van der Waals surface area contributed by atoms with Crippen LogP contribution in [0.1, 0.15) is 41.3 Å². The van der Waals surface area contributed by atoms with Gasteiger partial charge in [-0.3, -0.25) is 9.36 Å². The lowest BCUT2D eigenvalue weighted by molar-refractivity contribution is 0.426. The van der Waals surface area contributed by atoms with Gasteiger partial charge >= 0.3 is 0 Å². The lowest BCUT2D eigenvalue weighted by atomic mass is 9.91. The average molecular weight is 408 g/mol. The van der Waals surface area contributed by atoms with Crippen LogP contribution in [0.15, 0.2) is 77.6 Å². The molecule has 0 bridgehead atoms. The molecule has 0 N–H and O–H groups in total. The Kier molecular flexibility index (Phi) is 5.09. The second-order valence-electron chi connectivity index (χ2n) is 7.95. The van der Waals surface area contributed by atoms with Crippen molar-refractivity contribution < 1.29 is 4.39 Å². The second kappa shape index (κ2) is 8.20. The summed E-state index contributed by atoms with van der Waals surface area (Å²) in [6.07, 6.45) is 2.87. The highest BCUT2D eigenvalue weighted by Crippen LogP contribution is 2.29. The summed E-state index contributed by atoms with van der Waals surface area (Å²) in [4.78, 5) is 18.1. The molecule has 3 nitrogen and oxygen atoms in total. The predicted molar refractivity (Wildman–Crippen MR) is 121 cm³/mol. The molecular formula is C27H21FN2O. The van der Waals surface area contributed by atoms with E-state index in [2.05, 4.69) is 24.0 Å². The van der Waals surface area contributed by atoms with Gasteiger partial charge in [-0.2, -0.15) is 0 Å². The Morgan fingerprint density at radius 3 is 2.58 bits per heavy atom. The first-order valence-corrected chi connectivity index (χ1v) is 10.5. The van der Waals surface area contributed by atoms with Gasteiger partial charge in [0.15, 0.2) is 0 Å². The van der Waals surface area contributed by atoms with Crippen molar-refractivity contribution in [2.24, 2.45) is 0 Å². The number of aromatic nitrogens is 2. The number of hydrogen-bond acceptors (Lipinski definition) is 2. The molecule has 0 amide bonds. The zero-order valence-electron chi connectivity index (χ0n) is 17.0. The fraction of sp³-hybridized carbons (Fsp3) is 0.185. The molecule has 0 fully saturated rings. The first kappa shape index (κ1) is 19.3. The Labute approximate surface area is 180 Å². The van der Waals surface area contributed by atoms with E-state index in [4.69, 9.17) is 4.98 Å². The van der Waals surface area contributed by atoms with Gasteiger partial charge in [0.1, 0.15) is 11.6 Å². The molecule has 1 atom stereocenters. The standard InChI is InChI=1S/C27H21FN2O/c28-23-10-4-8-20(17-23)11-12-21-13-14-24-25(18-21)29-26-22(9-5-15-30(26)27(24)31)16-19-6-2-1-3-7-19/h1-4,6-8,10,13-14,17-18,22H,5,9,15-16H2. The summed E-state index contributed by atoms with van der Waals surface area (Å²) in [6.45, 7) is 0.712. The number of hydrogen-bond donors (Lipinski definition) is 0. The summed E-state index contributed by atoms with van der Waals surface area (Å²) in [5.41, 5.74) is 3.31. The molecule has 1 aromatic heterocycles. The lowest BCUT2D eigenvalue weighted by Crippen LogP contribution is -2.31. The molecule has 5 rings (SSSR count). The zero-order chi connectivity index (χ0) is 21.2. The van der Waals surface area contributed by atoms with E-state index in [0.29, 0.717) is 23.0 Å². The third-order valence-corrected chi connectivity index (χ3v) is 5.79. The summed E-state index contributed by atoms with van der Waals surface area (Å²) in [5, 5.41) is 0.611. The maximum absolute atomic E-state index is 13.4. The van der Waals surface area contributed by atoms with Gasteiger partial charge < -0.3 is 0 Å². The van der Waals surface area contributed by atoms with Crippen molar-refractivity contribution in [3.05, 3.63) is 111 Å². The number of rotatable bonds is 2. The summed E-state index contributed by atoms with van der Waals surface area (Å²) in [5.74, 6) is 6.82. The van der Waals surface area contributed by atoms with Crippen LogP contribution in [0, 0.1) is 17.7 Å². The Hall–Kier alpha value is -3.71. The maximum Gasteiger partial charge on any atom is 0.261 e. The lowest BCUT2D eigenvalue weighted by Gasteiger charge is -2.26. The van der Waals surface area contributed by atoms with Crippen LogP contribution in [0.25, 0.3) is 10.9 Å². The molecule has 4 heteroatoms. The Balaban J connectivity index is 1.54. The summed E-state index contributed by atoms with van der Waals surface area (Å²) in [6, 6.07) is 22.1. The van der Waals surface area contributed by atoms with Crippen molar-refractivity contribution in [2.75, 3.05) is 0 Å². The maximum atomic E-state index is 13.4. The highest BCUT2D eigenvalue weighted by molar-refractivity contribution is 5.79. The third kappa shape index (κ3) is 4.00. The number of fused-ring (bicyclic) bond motifs is 2. The van der Waals surface area contributed by atoms with Gasteiger partial charge in [0.2, 0.25) is 0 Å². The minimum absolute atomic E-state index is 0.0161. The fourth-order valence-electron chi connectivity index (χ4n) is 4.27. The summed E-state index contributed by atoms with van der Waals surface area (Å²) < 4.78 is 15.2. The minimum atomic E-state index is -0.309. The first-order chi connectivity index (χ1) is 15.2. The van der Waals surface area contributed by atoms with Crippen molar-refractivity contribution >= 4 is 10.9 Å². The molecule has 0 saturated heterocycles. The zero-order valence-corrected chi connectivity index (χ0v) is 17.0. The molecule has 152 valence electrons. The van der Waals surface area contributed by atoms with E-state index in [1.165, 1.54) is 17.7 Å². The van der Waals surface area contributed by atoms with Crippen molar-refractivity contribution in [3.63, 3.8) is 0 Å². The molecule has 0 aliphatic carbocycles. The number of nitrogens with zero attached hydrogens (tertiary/aromatic N) is 2. The molecule has 4 aromatic rings. The Morgan fingerprint density at radius 1 is 0.968 bits per heavy atom. The SMILES string of the molecule is O=c1c2ccc(C#Cc3cccc(F)c3)cc2nc2n1CCCC2Cc1ccccc1. The monoisotopic (exact) mass is 408 g/mol. The summed E-state index contributed by atoms with van der Waals surface area (Å²) >= 11 is 0. The van der Waals surface area contributed by atoms with Gasteiger partial charge in [0, 0.05) is 23.6 Å². The van der Waals surface area contributed by atoms with Crippen LogP contribution in [-0.4, -0.2) is 9.55 Å². The van der Waals surface area contributed by atoms with Gasteiger partial charge in [-0.15, -0.1) is 0 Å². The molecular weight excluding hydrogens is 387 g/mol. The van der Waals surface area contributed by atoms with E-state index in [-0.39, 0.29) is 17.3 Å². The summed E-state index contributed by atoms with van der Waals surface area (Å²) in [7, 11) is 0. The molecule has 3 aromatic carbocycles. The van der Waals surface area contributed by atoms with E-state index in [0.717, 1.165) is 30.7 Å². The van der Waals surface area contributed by atoms with E-state index < -0.39 is 0 Å². The van der Waals surface area contributed by atoms with E-state index >= 15 is 0 Å². The quantitative estimate of drug-likeness (QED) is 0.435. The van der Waals surface area contributed by atoms with Crippen molar-refractivity contribution in [1.29, 1.82) is 0 Å². The third-order valence-electron chi connectivity index (χ3n) is 5.79. The second-order valence-corrected chi connectivity index (χ2v) is 7.95. The molecule has 0 spiro atoms. The highest BCUT2D eigenvalue weighted by Gasteiger charge is 2.24. The molecule has 1 unspecified atom stereocenters. The van der Waals surface area contributed by atoms with E-state index in [1.54, 1.807) is 18.2 Å². The smallest absolute Gasteiger partial charge is 0.261 e. The van der Waals surface area contributed by atoms with E-state index in [1.807, 2.05) is 34.9 Å². The number of benzene rings is 3. The van der Waals surface area contributed by atoms with Gasteiger partial charge in [-0.25, -0.2) is 9.37 Å². The van der Waals surface area contributed by atoms with Crippen LogP contribution in [-0.2, 0) is 13.0 Å². The van der Waals surface area contributed by atoms with Crippen LogP contribution >= 0.6 is 0 Å². The Bertz CT molecular complexity index is 1380. The van der Waals surface area contributed by atoms with Crippen molar-refractivity contribution in [3.8, 4) is 11.8 Å².